The lowest BCUT2D eigenvalue weighted by Gasteiger charge is -2.15. The number of rotatable bonds is 7. The lowest BCUT2D eigenvalue weighted by molar-refractivity contribution is 0.0951. The van der Waals surface area contributed by atoms with Crippen LogP contribution in [-0.4, -0.2) is 24.2 Å². The Bertz CT molecular complexity index is 571. The molecule has 0 radical (unpaired) electrons. The van der Waals surface area contributed by atoms with Crippen LogP contribution in [0.15, 0.2) is 45.6 Å². The van der Waals surface area contributed by atoms with E-state index in [1.54, 1.807) is 17.4 Å². The maximum Gasteiger partial charge on any atom is 0.252 e. The molecule has 2 N–H and O–H groups in total. The van der Waals surface area contributed by atoms with Crippen molar-refractivity contribution in [3.05, 3.63) is 56.7 Å². The molecule has 0 aliphatic carbocycles. The molecule has 0 spiro atoms. The molecular weight excluding hydrogens is 350 g/mol. The molecule has 5 heteroatoms. The van der Waals surface area contributed by atoms with Crippen molar-refractivity contribution >= 4 is 33.2 Å². The lowest BCUT2D eigenvalue weighted by Crippen LogP contribution is -2.26. The summed E-state index contributed by atoms with van der Waals surface area (Å²) in [6.07, 6.45) is 1.55. The topological polar surface area (TPSA) is 49.3 Å². The molecule has 2 aromatic rings. The zero-order chi connectivity index (χ0) is 15.1. The summed E-state index contributed by atoms with van der Waals surface area (Å²) in [5.74, 6) is 0.219. The van der Waals surface area contributed by atoms with E-state index in [1.165, 1.54) is 5.56 Å². The molecule has 1 aromatic heterocycles. The van der Waals surface area contributed by atoms with Crippen LogP contribution in [0.2, 0.25) is 0 Å². The average Bonchev–Trinajstić information content (AvgIpc) is 3.01. The van der Waals surface area contributed by atoms with E-state index in [2.05, 4.69) is 32.7 Å². The number of benzene rings is 1. The third kappa shape index (κ3) is 4.66. The molecule has 3 nitrogen and oxygen atoms in total. The third-order valence-corrected chi connectivity index (χ3v) is 4.78. The van der Waals surface area contributed by atoms with E-state index in [0.29, 0.717) is 18.0 Å². The van der Waals surface area contributed by atoms with Crippen molar-refractivity contribution in [2.45, 2.75) is 18.8 Å². The number of amides is 1. The fourth-order valence-corrected chi connectivity index (χ4v) is 3.45. The molecule has 0 aliphatic heterocycles. The molecule has 21 heavy (non-hydrogen) atoms. The third-order valence-electron chi connectivity index (χ3n) is 3.39. The van der Waals surface area contributed by atoms with Crippen molar-refractivity contribution < 1.29 is 9.90 Å². The second-order valence-corrected chi connectivity index (χ2v) is 6.42. The molecule has 0 saturated carbocycles. The van der Waals surface area contributed by atoms with Gasteiger partial charge in [0, 0.05) is 17.6 Å². The van der Waals surface area contributed by atoms with Gasteiger partial charge < -0.3 is 10.4 Å². The Labute approximate surface area is 137 Å². The minimum Gasteiger partial charge on any atom is -0.396 e. The summed E-state index contributed by atoms with van der Waals surface area (Å²) in [4.78, 5) is 12.1. The fourth-order valence-electron chi connectivity index (χ4n) is 2.24. The number of nitrogens with one attached hydrogen (secondary N) is 1. The Morgan fingerprint density at radius 2 is 2.10 bits per heavy atom. The van der Waals surface area contributed by atoms with Crippen LogP contribution < -0.4 is 5.32 Å². The van der Waals surface area contributed by atoms with Crippen LogP contribution >= 0.6 is 27.3 Å². The van der Waals surface area contributed by atoms with Crippen LogP contribution in [0, 0.1) is 0 Å². The Balaban J connectivity index is 1.88. The molecule has 0 unspecified atom stereocenters. The highest BCUT2D eigenvalue weighted by molar-refractivity contribution is 9.10. The Morgan fingerprint density at radius 3 is 2.76 bits per heavy atom. The maximum absolute atomic E-state index is 12.1. The van der Waals surface area contributed by atoms with E-state index in [4.69, 9.17) is 5.11 Å². The largest absolute Gasteiger partial charge is 0.396 e. The molecule has 1 aromatic carbocycles. The summed E-state index contributed by atoms with van der Waals surface area (Å²) in [6, 6.07) is 9.47. The van der Waals surface area contributed by atoms with Gasteiger partial charge in [-0.15, -0.1) is 0 Å². The first-order valence-electron chi connectivity index (χ1n) is 6.88. The van der Waals surface area contributed by atoms with Crippen LogP contribution in [0.3, 0.4) is 0 Å². The molecule has 0 saturated heterocycles. The van der Waals surface area contributed by atoms with Crippen LogP contribution in [-0.2, 0) is 0 Å². The van der Waals surface area contributed by atoms with E-state index in [9.17, 15) is 4.79 Å². The Hall–Kier alpha value is -1.17. The van der Waals surface area contributed by atoms with Crippen molar-refractivity contribution in [3.8, 4) is 0 Å². The molecule has 1 atom stereocenters. The van der Waals surface area contributed by atoms with Crippen molar-refractivity contribution in [2.75, 3.05) is 13.2 Å². The number of thiophene rings is 1. The quantitative estimate of drug-likeness (QED) is 0.781. The smallest absolute Gasteiger partial charge is 0.252 e. The zero-order valence-corrected chi connectivity index (χ0v) is 14.0. The number of hydrogen-bond donors (Lipinski definition) is 2. The summed E-state index contributed by atoms with van der Waals surface area (Å²) in [5.41, 5.74) is 1.89. The normalized spacial score (nSPS) is 12.1. The fraction of sp³-hybridized carbons (Fsp3) is 0.312. The molecule has 1 heterocycles. The van der Waals surface area contributed by atoms with Gasteiger partial charge in [-0.25, -0.2) is 0 Å². The highest BCUT2D eigenvalue weighted by Gasteiger charge is 2.13. The first kappa shape index (κ1) is 16.2. The van der Waals surface area contributed by atoms with Gasteiger partial charge >= 0.3 is 0 Å². The van der Waals surface area contributed by atoms with Gasteiger partial charge in [-0.1, -0.05) is 12.1 Å². The van der Waals surface area contributed by atoms with E-state index >= 15 is 0 Å². The predicted molar refractivity (Wildman–Crippen MR) is 89.9 cm³/mol. The van der Waals surface area contributed by atoms with Crippen LogP contribution in [0.25, 0.3) is 0 Å². The number of aliphatic hydroxyl groups is 1. The van der Waals surface area contributed by atoms with Crippen LogP contribution in [0.4, 0.5) is 0 Å². The minimum absolute atomic E-state index is 0.0736. The first-order valence-corrected chi connectivity index (χ1v) is 8.61. The lowest BCUT2D eigenvalue weighted by atomic mass is 9.95. The molecule has 0 fully saturated rings. The van der Waals surface area contributed by atoms with Crippen molar-refractivity contribution in [1.82, 2.24) is 5.32 Å². The van der Waals surface area contributed by atoms with E-state index in [-0.39, 0.29) is 12.5 Å². The summed E-state index contributed by atoms with van der Waals surface area (Å²) < 4.78 is 0.798. The van der Waals surface area contributed by atoms with Crippen LogP contribution in [0.5, 0.6) is 0 Å². The van der Waals surface area contributed by atoms with Gasteiger partial charge in [0.25, 0.3) is 5.91 Å². The summed E-state index contributed by atoms with van der Waals surface area (Å²) in [7, 11) is 0. The highest BCUT2D eigenvalue weighted by atomic mass is 79.9. The molecule has 0 aliphatic rings. The molecule has 112 valence electrons. The number of aliphatic hydroxyl groups excluding tert-OH is 1. The SMILES string of the molecule is O=C(NCC[C@H](CCO)c1ccsc1)c1ccccc1Br. The summed E-state index contributed by atoms with van der Waals surface area (Å²) in [6.45, 7) is 0.763. The van der Waals surface area contributed by atoms with E-state index in [1.807, 2.05) is 23.6 Å². The zero-order valence-electron chi connectivity index (χ0n) is 11.6. The van der Waals surface area contributed by atoms with Crippen molar-refractivity contribution in [2.24, 2.45) is 0 Å². The first-order chi connectivity index (χ1) is 10.2. The summed E-state index contributed by atoms with van der Waals surface area (Å²) in [5, 5.41) is 16.3. The van der Waals surface area contributed by atoms with E-state index < -0.39 is 0 Å². The Kier molecular flexibility index (Phi) is 6.42. The second kappa shape index (κ2) is 8.32. The minimum atomic E-state index is -0.0736. The summed E-state index contributed by atoms with van der Waals surface area (Å²) >= 11 is 5.04. The van der Waals surface area contributed by atoms with Gasteiger partial charge in [-0.3, -0.25) is 4.79 Å². The van der Waals surface area contributed by atoms with Gasteiger partial charge in [0.2, 0.25) is 0 Å². The monoisotopic (exact) mass is 367 g/mol. The number of carbonyl (C=O) groups excluding carboxylic acids is 1. The van der Waals surface area contributed by atoms with E-state index in [0.717, 1.165) is 17.3 Å². The molecule has 2 rings (SSSR count). The average molecular weight is 368 g/mol. The standard InChI is InChI=1S/C16H18BrNO2S/c17-15-4-2-1-3-14(15)16(20)18-8-5-12(6-9-19)13-7-10-21-11-13/h1-4,7,10-12,19H,5-6,8-9H2,(H,18,20)/t12-/m1/s1. The molecular formula is C16H18BrNO2S. The van der Waals surface area contributed by atoms with Crippen molar-refractivity contribution in [3.63, 3.8) is 0 Å². The number of hydrogen-bond acceptors (Lipinski definition) is 3. The number of carbonyl (C=O) groups is 1. The maximum atomic E-state index is 12.1. The predicted octanol–water partition coefficient (Wildman–Crippen LogP) is 3.80. The highest BCUT2D eigenvalue weighted by Crippen LogP contribution is 2.25. The number of halogens is 1. The second-order valence-electron chi connectivity index (χ2n) is 4.79. The van der Waals surface area contributed by atoms with Gasteiger partial charge in [-0.05, 0) is 69.2 Å². The Morgan fingerprint density at radius 1 is 1.29 bits per heavy atom. The van der Waals surface area contributed by atoms with Crippen LogP contribution in [0.1, 0.15) is 34.7 Å². The van der Waals surface area contributed by atoms with Crippen molar-refractivity contribution in [1.29, 1.82) is 0 Å². The molecule has 1 amide bonds. The van der Waals surface area contributed by atoms with Gasteiger partial charge in [0.1, 0.15) is 0 Å². The van der Waals surface area contributed by atoms with Gasteiger partial charge in [0.05, 0.1) is 5.56 Å². The van der Waals surface area contributed by atoms with Gasteiger partial charge in [-0.2, -0.15) is 11.3 Å². The molecule has 0 bridgehead atoms. The van der Waals surface area contributed by atoms with Gasteiger partial charge in [0.15, 0.2) is 0 Å².